The van der Waals surface area contributed by atoms with Crippen molar-refractivity contribution in [3.63, 3.8) is 0 Å². The summed E-state index contributed by atoms with van der Waals surface area (Å²) in [5.41, 5.74) is 2.92. The Hall–Kier alpha value is -2.66. The fourth-order valence-corrected chi connectivity index (χ4v) is 2.83. The normalized spacial score (nSPS) is 11.8. The van der Waals surface area contributed by atoms with Crippen LogP contribution in [0, 0.1) is 6.92 Å². The number of nitrogens with zero attached hydrogens (tertiary/aromatic N) is 1. The first-order valence-corrected chi connectivity index (χ1v) is 8.54. The van der Waals surface area contributed by atoms with Gasteiger partial charge in [0.05, 0.1) is 0 Å². The van der Waals surface area contributed by atoms with E-state index >= 15 is 0 Å². The highest BCUT2D eigenvalue weighted by Crippen LogP contribution is 2.23. The van der Waals surface area contributed by atoms with Crippen molar-refractivity contribution in [3.05, 3.63) is 65.7 Å². The number of carbonyl (C=O) groups is 1. The van der Waals surface area contributed by atoms with Gasteiger partial charge in [-0.05, 0) is 50.2 Å². The highest BCUT2D eigenvalue weighted by Gasteiger charge is 2.15. The van der Waals surface area contributed by atoms with Gasteiger partial charge in [-0.3, -0.25) is 4.79 Å². The summed E-state index contributed by atoms with van der Waals surface area (Å²) in [6, 6.07) is 15.3. The van der Waals surface area contributed by atoms with Gasteiger partial charge in [-0.1, -0.05) is 17.7 Å². The van der Waals surface area contributed by atoms with E-state index < -0.39 is 6.10 Å². The standard InChI is InChI=1S/C19H18N2O2S/c1-13-3-9-17(10-4-13)23-14(2)18(22)21-16-7-5-15(6-8-16)19-20-11-12-24-19/h3-12,14H,1-2H3,(H,21,22)/t14-/m1/s1. The minimum absolute atomic E-state index is 0.183. The predicted molar refractivity (Wildman–Crippen MR) is 97.4 cm³/mol. The van der Waals surface area contributed by atoms with Crippen molar-refractivity contribution in [2.24, 2.45) is 0 Å². The minimum Gasteiger partial charge on any atom is -0.481 e. The van der Waals surface area contributed by atoms with Gasteiger partial charge in [-0.15, -0.1) is 11.3 Å². The maximum absolute atomic E-state index is 12.3. The number of aryl methyl sites for hydroxylation is 1. The van der Waals surface area contributed by atoms with E-state index in [1.807, 2.05) is 60.8 Å². The molecule has 24 heavy (non-hydrogen) atoms. The molecule has 5 heteroatoms. The van der Waals surface area contributed by atoms with E-state index in [0.717, 1.165) is 21.8 Å². The molecule has 1 aromatic heterocycles. The van der Waals surface area contributed by atoms with Gasteiger partial charge in [0.15, 0.2) is 6.10 Å². The van der Waals surface area contributed by atoms with Crippen LogP contribution in [0.3, 0.4) is 0 Å². The average molecular weight is 338 g/mol. The smallest absolute Gasteiger partial charge is 0.265 e. The largest absolute Gasteiger partial charge is 0.481 e. The number of benzene rings is 2. The Morgan fingerprint density at radius 1 is 1.12 bits per heavy atom. The molecule has 0 unspecified atom stereocenters. The molecule has 0 saturated carbocycles. The quantitative estimate of drug-likeness (QED) is 0.744. The third-order valence-corrected chi connectivity index (χ3v) is 4.36. The molecule has 0 aliphatic carbocycles. The number of thiazole rings is 1. The van der Waals surface area contributed by atoms with E-state index in [1.165, 1.54) is 0 Å². The first-order chi connectivity index (χ1) is 11.6. The van der Waals surface area contributed by atoms with Crippen molar-refractivity contribution in [2.45, 2.75) is 20.0 Å². The number of anilines is 1. The lowest BCUT2D eigenvalue weighted by Crippen LogP contribution is -2.30. The van der Waals surface area contributed by atoms with Gasteiger partial charge < -0.3 is 10.1 Å². The van der Waals surface area contributed by atoms with Crippen molar-refractivity contribution in [1.29, 1.82) is 0 Å². The summed E-state index contributed by atoms with van der Waals surface area (Å²) in [5, 5.41) is 5.77. The first kappa shape index (κ1) is 16.2. The number of ether oxygens (including phenoxy) is 1. The monoisotopic (exact) mass is 338 g/mol. The van der Waals surface area contributed by atoms with Crippen molar-refractivity contribution >= 4 is 22.9 Å². The number of nitrogens with one attached hydrogen (secondary N) is 1. The molecule has 3 aromatic rings. The molecule has 2 aromatic carbocycles. The average Bonchev–Trinajstić information content (AvgIpc) is 3.12. The number of rotatable bonds is 5. The zero-order chi connectivity index (χ0) is 16.9. The zero-order valence-corrected chi connectivity index (χ0v) is 14.3. The van der Waals surface area contributed by atoms with E-state index in [2.05, 4.69) is 10.3 Å². The fourth-order valence-electron chi connectivity index (χ4n) is 2.18. The Morgan fingerprint density at radius 3 is 2.46 bits per heavy atom. The molecule has 0 fully saturated rings. The third-order valence-electron chi connectivity index (χ3n) is 3.53. The molecular formula is C19H18N2O2S. The van der Waals surface area contributed by atoms with Crippen LogP contribution in [0.25, 0.3) is 10.6 Å². The highest BCUT2D eigenvalue weighted by molar-refractivity contribution is 7.13. The summed E-state index contributed by atoms with van der Waals surface area (Å²) in [7, 11) is 0. The van der Waals surface area contributed by atoms with Gasteiger partial charge in [0, 0.05) is 22.8 Å². The molecule has 4 nitrogen and oxygen atoms in total. The molecule has 3 rings (SSSR count). The van der Waals surface area contributed by atoms with Crippen LogP contribution in [0.2, 0.25) is 0 Å². The van der Waals surface area contributed by atoms with Crippen molar-refractivity contribution in [2.75, 3.05) is 5.32 Å². The third kappa shape index (κ3) is 4.00. The van der Waals surface area contributed by atoms with E-state index in [-0.39, 0.29) is 5.91 Å². The Labute approximate surface area is 145 Å². The molecule has 0 aliphatic rings. The Balaban J connectivity index is 1.60. The van der Waals surface area contributed by atoms with Gasteiger partial charge in [0.2, 0.25) is 0 Å². The van der Waals surface area contributed by atoms with E-state index in [0.29, 0.717) is 5.75 Å². The molecule has 0 aliphatic heterocycles. The molecule has 122 valence electrons. The molecule has 0 spiro atoms. The van der Waals surface area contributed by atoms with Gasteiger partial charge >= 0.3 is 0 Å². The Kier molecular flexibility index (Phi) is 4.91. The van der Waals surface area contributed by atoms with Crippen LogP contribution in [0.4, 0.5) is 5.69 Å². The molecule has 0 radical (unpaired) electrons. The summed E-state index contributed by atoms with van der Waals surface area (Å²) in [5.74, 6) is 0.500. The number of hydrogen-bond acceptors (Lipinski definition) is 4. The lowest BCUT2D eigenvalue weighted by atomic mass is 10.2. The molecule has 1 atom stereocenters. The van der Waals surface area contributed by atoms with Gasteiger partial charge in [0.25, 0.3) is 5.91 Å². The van der Waals surface area contributed by atoms with Crippen LogP contribution < -0.4 is 10.1 Å². The lowest BCUT2D eigenvalue weighted by molar-refractivity contribution is -0.122. The lowest BCUT2D eigenvalue weighted by Gasteiger charge is -2.15. The van der Waals surface area contributed by atoms with Crippen LogP contribution in [-0.2, 0) is 4.79 Å². The van der Waals surface area contributed by atoms with Crippen LogP contribution in [0.1, 0.15) is 12.5 Å². The summed E-state index contributed by atoms with van der Waals surface area (Å²) in [6.07, 6.45) is 1.20. The summed E-state index contributed by atoms with van der Waals surface area (Å²) in [4.78, 5) is 16.5. The number of carbonyl (C=O) groups excluding carboxylic acids is 1. The van der Waals surface area contributed by atoms with Gasteiger partial charge in [-0.25, -0.2) is 4.98 Å². The summed E-state index contributed by atoms with van der Waals surface area (Å²) in [6.45, 7) is 3.74. The Morgan fingerprint density at radius 2 is 1.83 bits per heavy atom. The maximum Gasteiger partial charge on any atom is 0.265 e. The molecule has 1 heterocycles. The topological polar surface area (TPSA) is 51.2 Å². The molecule has 1 N–H and O–H groups in total. The minimum atomic E-state index is -0.577. The van der Waals surface area contributed by atoms with Crippen LogP contribution in [0.5, 0.6) is 5.75 Å². The van der Waals surface area contributed by atoms with E-state index in [1.54, 1.807) is 24.5 Å². The van der Waals surface area contributed by atoms with Crippen molar-refractivity contribution in [1.82, 2.24) is 4.98 Å². The molecule has 0 saturated heterocycles. The first-order valence-electron chi connectivity index (χ1n) is 7.66. The summed E-state index contributed by atoms with van der Waals surface area (Å²) >= 11 is 1.58. The van der Waals surface area contributed by atoms with E-state index in [9.17, 15) is 4.79 Å². The maximum atomic E-state index is 12.3. The molecule has 1 amide bonds. The zero-order valence-electron chi connectivity index (χ0n) is 13.5. The van der Waals surface area contributed by atoms with Crippen LogP contribution in [0.15, 0.2) is 60.1 Å². The molecule has 0 bridgehead atoms. The number of hydrogen-bond donors (Lipinski definition) is 1. The second kappa shape index (κ2) is 7.27. The van der Waals surface area contributed by atoms with Crippen LogP contribution >= 0.6 is 11.3 Å². The second-order valence-electron chi connectivity index (χ2n) is 5.48. The highest BCUT2D eigenvalue weighted by atomic mass is 32.1. The van der Waals surface area contributed by atoms with E-state index in [4.69, 9.17) is 4.74 Å². The number of amides is 1. The fraction of sp³-hybridized carbons (Fsp3) is 0.158. The van der Waals surface area contributed by atoms with Crippen LogP contribution in [-0.4, -0.2) is 17.0 Å². The van der Waals surface area contributed by atoms with Crippen molar-refractivity contribution < 1.29 is 9.53 Å². The Bertz CT molecular complexity index is 796. The van der Waals surface area contributed by atoms with Gasteiger partial charge in [-0.2, -0.15) is 0 Å². The second-order valence-corrected chi connectivity index (χ2v) is 6.37. The number of aromatic nitrogens is 1. The summed E-state index contributed by atoms with van der Waals surface area (Å²) < 4.78 is 5.67. The van der Waals surface area contributed by atoms with Crippen molar-refractivity contribution in [3.8, 4) is 16.3 Å². The predicted octanol–water partition coefficient (Wildman–Crippen LogP) is 4.52. The molecular weight excluding hydrogens is 320 g/mol. The van der Waals surface area contributed by atoms with Gasteiger partial charge in [0.1, 0.15) is 10.8 Å². The SMILES string of the molecule is Cc1ccc(O[C@H](C)C(=O)Nc2ccc(-c3nccs3)cc2)cc1.